The highest BCUT2D eigenvalue weighted by Crippen LogP contribution is 2.24. The molecule has 1 aliphatic rings. The molecule has 0 atom stereocenters. The molecule has 120 valence electrons. The Morgan fingerprint density at radius 1 is 1.36 bits per heavy atom. The normalized spacial score (nSPS) is 15.5. The Morgan fingerprint density at radius 2 is 2.05 bits per heavy atom. The number of aryl methyl sites for hydroxylation is 1. The van der Waals surface area contributed by atoms with E-state index in [-0.39, 0.29) is 11.9 Å². The van der Waals surface area contributed by atoms with Crippen molar-refractivity contribution in [2.75, 3.05) is 25.5 Å². The van der Waals surface area contributed by atoms with Crippen LogP contribution in [-0.4, -0.2) is 42.2 Å². The minimum absolute atomic E-state index is 0.199. The first-order valence-corrected chi connectivity index (χ1v) is 7.50. The van der Waals surface area contributed by atoms with Crippen LogP contribution in [0.2, 0.25) is 0 Å². The molecule has 2 N–H and O–H groups in total. The molecule has 22 heavy (non-hydrogen) atoms. The summed E-state index contributed by atoms with van der Waals surface area (Å²) in [6, 6.07) is 5.39. The van der Waals surface area contributed by atoms with Gasteiger partial charge in [0.25, 0.3) is 0 Å². The molecule has 1 aromatic rings. The lowest BCUT2D eigenvalue weighted by atomic mass is 9.97. The van der Waals surface area contributed by atoms with Gasteiger partial charge in [0.1, 0.15) is 5.75 Å². The predicted octanol–water partition coefficient (Wildman–Crippen LogP) is 2.59. The summed E-state index contributed by atoms with van der Waals surface area (Å²) in [6.07, 6.45) is 1.86. The Morgan fingerprint density at radius 3 is 2.59 bits per heavy atom. The van der Waals surface area contributed by atoms with Gasteiger partial charge in [-0.15, -0.1) is 0 Å². The maximum atomic E-state index is 12.2. The average molecular weight is 306 g/mol. The molecule has 0 aromatic heterocycles. The molecule has 6 nitrogen and oxygen atoms in total. The van der Waals surface area contributed by atoms with Crippen molar-refractivity contribution in [3.8, 4) is 5.75 Å². The molecule has 2 amide bonds. The second-order valence-electron chi connectivity index (χ2n) is 5.41. The summed E-state index contributed by atoms with van der Waals surface area (Å²) in [7, 11) is 1.61. The van der Waals surface area contributed by atoms with Gasteiger partial charge in [-0.3, -0.25) is 4.79 Å². The number of carboxylic acids is 1. The topological polar surface area (TPSA) is 78.9 Å². The number of benzene rings is 1. The zero-order valence-corrected chi connectivity index (χ0v) is 13.0. The summed E-state index contributed by atoms with van der Waals surface area (Å²) in [6.45, 7) is 2.97. The molecule has 0 bridgehead atoms. The average Bonchev–Trinajstić information content (AvgIpc) is 2.54. The van der Waals surface area contributed by atoms with Crippen LogP contribution >= 0.6 is 0 Å². The quantitative estimate of drug-likeness (QED) is 0.896. The highest BCUT2D eigenvalue weighted by atomic mass is 16.5. The number of hydrogen-bond donors (Lipinski definition) is 2. The van der Waals surface area contributed by atoms with E-state index in [0.29, 0.717) is 31.6 Å². The number of hydrogen-bond acceptors (Lipinski definition) is 3. The van der Waals surface area contributed by atoms with Gasteiger partial charge in [0, 0.05) is 24.8 Å². The van der Waals surface area contributed by atoms with Gasteiger partial charge in [-0.25, -0.2) is 4.79 Å². The number of amides is 2. The van der Waals surface area contributed by atoms with E-state index in [2.05, 4.69) is 5.32 Å². The van der Waals surface area contributed by atoms with Crippen molar-refractivity contribution in [1.29, 1.82) is 0 Å². The second-order valence-corrected chi connectivity index (χ2v) is 5.41. The highest BCUT2D eigenvalue weighted by molar-refractivity contribution is 5.89. The maximum Gasteiger partial charge on any atom is 0.321 e. The van der Waals surface area contributed by atoms with E-state index in [1.54, 1.807) is 18.1 Å². The van der Waals surface area contributed by atoms with Crippen LogP contribution in [-0.2, 0) is 11.2 Å². The number of urea groups is 1. The third kappa shape index (κ3) is 3.69. The summed E-state index contributed by atoms with van der Waals surface area (Å²) in [5, 5.41) is 11.8. The molecule has 0 aliphatic carbocycles. The molecule has 1 fully saturated rings. The van der Waals surface area contributed by atoms with Crippen LogP contribution in [0.3, 0.4) is 0 Å². The first kappa shape index (κ1) is 16.1. The number of carbonyl (C=O) groups excluding carboxylic acids is 1. The first-order valence-electron chi connectivity index (χ1n) is 7.50. The van der Waals surface area contributed by atoms with Crippen LogP contribution in [0, 0.1) is 5.92 Å². The molecule has 1 aromatic carbocycles. The van der Waals surface area contributed by atoms with Gasteiger partial charge in [0.2, 0.25) is 0 Å². The van der Waals surface area contributed by atoms with Crippen molar-refractivity contribution < 1.29 is 19.4 Å². The third-order valence-corrected chi connectivity index (χ3v) is 4.05. The Hall–Kier alpha value is -2.24. The van der Waals surface area contributed by atoms with Gasteiger partial charge in [-0.2, -0.15) is 0 Å². The number of methoxy groups -OCH3 is 1. The van der Waals surface area contributed by atoms with Crippen molar-refractivity contribution in [2.24, 2.45) is 5.92 Å². The number of anilines is 1. The van der Waals surface area contributed by atoms with Gasteiger partial charge in [0.15, 0.2) is 0 Å². The summed E-state index contributed by atoms with van der Waals surface area (Å²) < 4.78 is 5.31. The number of ether oxygens (including phenoxy) is 1. The molecular formula is C16H22N2O4. The van der Waals surface area contributed by atoms with E-state index < -0.39 is 5.97 Å². The summed E-state index contributed by atoms with van der Waals surface area (Å²) >= 11 is 0. The van der Waals surface area contributed by atoms with Gasteiger partial charge in [0.05, 0.1) is 13.0 Å². The molecule has 1 heterocycles. The Balaban J connectivity index is 1.96. The van der Waals surface area contributed by atoms with E-state index in [1.807, 2.05) is 19.1 Å². The standard InChI is InChI=1S/C16H22N2O4/c1-3-11-4-5-13(10-14(11)22-2)17-16(21)18-8-6-12(7-9-18)15(19)20/h4-5,10,12H,3,6-9H2,1-2H3,(H,17,21)(H,19,20). The summed E-state index contributed by atoms with van der Waals surface area (Å²) in [5.74, 6) is -0.363. The van der Waals surface area contributed by atoms with E-state index in [1.165, 1.54) is 0 Å². The highest BCUT2D eigenvalue weighted by Gasteiger charge is 2.27. The smallest absolute Gasteiger partial charge is 0.321 e. The molecule has 1 aliphatic heterocycles. The fourth-order valence-corrected chi connectivity index (χ4v) is 2.65. The van der Waals surface area contributed by atoms with Crippen molar-refractivity contribution in [3.05, 3.63) is 23.8 Å². The van der Waals surface area contributed by atoms with Gasteiger partial charge in [-0.05, 0) is 30.9 Å². The zero-order chi connectivity index (χ0) is 16.1. The Bertz CT molecular complexity index is 551. The van der Waals surface area contributed by atoms with Crippen LogP contribution in [0.25, 0.3) is 0 Å². The van der Waals surface area contributed by atoms with Crippen LogP contribution < -0.4 is 10.1 Å². The Labute approximate surface area is 130 Å². The SMILES string of the molecule is CCc1ccc(NC(=O)N2CCC(C(=O)O)CC2)cc1OC. The van der Waals surface area contributed by atoms with Gasteiger partial charge < -0.3 is 20.1 Å². The van der Waals surface area contributed by atoms with E-state index in [4.69, 9.17) is 9.84 Å². The number of carboxylic acid groups (broad SMARTS) is 1. The molecule has 0 saturated carbocycles. The summed E-state index contributed by atoms with van der Waals surface area (Å²) in [4.78, 5) is 24.8. The number of aliphatic carboxylic acids is 1. The molecular weight excluding hydrogens is 284 g/mol. The van der Waals surface area contributed by atoms with Crippen molar-refractivity contribution in [1.82, 2.24) is 4.90 Å². The van der Waals surface area contributed by atoms with E-state index >= 15 is 0 Å². The first-order chi connectivity index (χ1) is 10.5. The van der Waals surface area contributed by atoms with Crippen LogP contribution in [0.1, 0.15) is 25.3 Å². The van der Waals surface area contributed by atoms with Crippen molar-refractivity contribution in [3.63, 3.8) is 0 Å². The van der Waals surface area contributed by atoms with Crippen LogP contribution in [0.5, 0.6) is 5.75 Å². The lowest BCUT2D eigenvalue weighted by Crippen LogP contribution is -2.42. The van der Waals surface area contributed by atoms with Crippen LogP contribution in [0.15, 0.2) is 18.2 Å². The molecule has 0 spiro atoms. The fourth-order valence-electron chi connectivity index (χ4n) is 2.65. The number of nitrogens with one attached hydrogen (secondary N) is 1. The van der Waals surface area contributed by atoms with Gasteiger partial charge >= 0.3 is 12.0 Å². The lowest BCUT2D eigenvalue weighted by Gasteiger charge is -2.30. The molecule has 6 heteroatoms. The third-order valence-electron chi connectivity index (χ3n) is 4.05. The minimum atomic E-state index is -0.778. The van der Waals surface area contributed by atoms with Crippen LogP contribution in [0.4, 0.5) is 10.5 Å². The minimum Gasteiger partial charge on any atom is -0.496 e. The number of carbonyl (C=O) groups is 2. The maximum absolute atomic E-state index is 12.2. The second kappa shape index (κ2) is 7.15. The number of piperidine rings is 1. The lowest BCUT2D eigenvalue weighted by molar-refractivity contribution is -0.143. The molecule has 0 radical (unpaired) electrons. The predicted molar refractivity (Wildman–Crippen MR) is 83.3 cm³/mol. The Kier molecular flexibility index (Phi) is 5.25. The van der Waals surface area contributed by atoms with Crippen molar-refractivity contribution in [2.45, 2.75) is 26.2 Å². The fraction of sp³-hybridized carbons (Fsp3) is 0.500. The molecule has 1 saturated heterocycles. The summed E-state index contributed by atoms with van der Waals surface area (Å²) in [5.41, 5.74) is 1.77. The van der Waals surface area contributed by atoms with Crippen molar-refractivity contribution >= 4 is 17.7 Å². The van der Waals surface area contributed by atoms with Gasteiger partial charge in [-0.1, -0.05) is 13.0 Å². The monoisotopic (exact) mass is 306 g/mol. The van der Waals surface area contributed by atoms with E-state index in [9.17, 15) is 9.59 Å². The number of rotatable bonds is 4. The molecule has 0 unspecified atom stereocenters. The van der Waals surface area contributed by atoms with E-state index in [0.717, 1.165) is 17.7 Å². The number of nitrogens with zero attached hydrogens (tertiary/aromatic N) is 1. The number of likely N-dealkylation sites (tertiary alicyclic amines) is 1. The molecule has 2 rings (SSSR count). The zero-order valence-electron chi connectivity index (χ0n) is 13.0. The largest absolute Gasteiger partial charge is 0.496 e.